The molecule has 0 radical (unpaired) electrons. The third kappa shape index (κ3) is 3.51. The van der Waals surface area contributed by atoms with E-state index in [2.05, 4.69) is 55.0 Å². The number of hydrogen-bond donors (Lipinski definition) is 0. The van der Waals surface area contributed by atoms with Crippen molar-refractivity contribution in [2.24, 2.45) is 0 Å². The first-order valence-electron chi connectivity index (χ1n) is 4.61. The van der Waals surface area contributed by atoms with E-state index in [1.54, 1.807) is 0 Å². The number of halogens is 2. The zero-order valence-electron chi connectivity index (χ0n) is 8.50. The fourth-order valence-electron chi connectivity index (χ4n) is 1.37. The molecule has 0 aliphatic rings. The Bertz CT molecular complexity index is 371. The van der Waals surface area contributed by atoms with Gasteiger partial charge in [0.1, 0.15) is 0 Å². The van der Waals surface area contributed by atoms with Crippen LogP contribution in [0.15, 0.2) is 22.7 Å². The van der Waals surface area contributed by atoms with Crippen LogP contribution in [0, 0.1) is 11.3 Å². The summed E-state index contributed by atoms with van der Waals surface area (Å²) in [7, 11) is 2.01. The fourth-order valence-corrected chi connectivity index (χ4v) is 2.23. The van der Waals surface area contributed by atoms with Crippen LogP contribution in [0.4, 0.5) is 5.69 Å². The van der Waals surface area contributed by atoms with Crippen LogP contribution in [-0.4, -0.2) is 13.6 Å². The molecule has 15 heavy (non-hydrogen) atoms. The van der Waals surface area contributed by atoms with E-state index in [0.29, 0.717) is 6.42 Å². The summed E-state index contributed by atoms with van der Waals surface area (Å²) in [5.74, 6) is 0. The largest absolute Gasteiger partial charge is 0.373 e. The Balaban J connectivity index is 2.88. The van der Waals surface area contributed by atoms with E-state index in [1.165, 1.54) is 11.3 Å². The highest BCUT2D eigenvalue weighted by molar-refractivity contribution is 9.10. The molecule has 80 valence electrons. The quantitative estimate of drug-likeness (QED) is 0.787. The number of benzene rings is 1. The molecule has 0 amide bonds. The normalized spacial score (nSPS) is 9.73. The maximum absolute atomic E-state index is 8.54. The first kappa shape index (κ1) is 12.5. The van der Waals surface area contributed by atoms with Crippen LogP contribution >= 0.6 is 31.9 Å². The van der Waals surface area contributed by atoms with Crippen molar-refractivity contribution < 1.29 is 0 Å². The van der Waals surface area contributed by atoms with Crippen LogP contribution in [0.2, 0.25) is 0 Å². The maximum Gasteiger partial charge on any atom is 0.0640 e. The molecule has 0 aliphatic carbocycles. The van der Waals surface area contributed by atoms with Gasteiger partial charge >= 0.3 is 0 Å². The third-order valence-corrected chi connectivity index (χ3v) is 3.25. The van der Waals surface area contributed by atoms with Crippen molar-refractivity contribution in [1.82, 2.24) is 0 Å². The van der Waals surface area contributed by atoms with Crippen molar-refractivity contribution >= 4 is 37.5 Å². The van der Waals surface area contributed by atoms with Gasteiger partial charge in [-0.2, -0.15) is 5.26 Å². The van der Waals surface area contributed by atoms with Gasteiger partial charge in [-0.05, 0) is 23.8 Å². The molecular weight excluding hydrogens is 320 g/mol. The molecular formula is C11H12Br2N2. The molecule has 1 aromatic rings. The summed E-state index contributed by atoms with van der Waals surface area (Å²) in [5, 5.41) is 9.36. The molecule has 1 rings (SSSR count). The van der Waals surface area contributed by atoms with Crippen molar-refractivity contribution in [1.29, 1.82) is 5.26 Å². The minimum atomic E-state index is 0.550. The Morgan fingerprint density at radius 3 is 2.80 bits per heavy atom. The molecule has 1 aromatic carbocycles. The second-order valence-corrected chi connectivity index (χ2v) is 4.71. The number of nitrogens with zero attached hydrogens (tertiary/aromatic N) is 2. The Morgan fingerprint density at radius 2 is 2.20 bits per heavy atom. The first-order valence-corrected chi connectivity index (χ1v) is 6.53. The lowest BCUT2D eigenvalue weighted by atomic mass is 10.2. The summed E-state index contributed by atoms with van der Waals surface area (Å²) >= 11 is 6.91. The van der Waals surface area contributed by atoms with E-state index in [9.17, 15) is 0 Å². The number of rotatable bonds is 4. The van der Waals surface area contributed by atoms with Gasteiger partial charge in [0.05, 0.1) is 12.5 Å². The van der Waals surface area contributed by atoms with Crippen molar-refractivity contribution in [2.45, 2.75) is 11.8 Å². The van der Waals surface area contributed by atoms with Gasteiger partial charge in [0, 0.05) is 29.1 Å². The molecule has 0 fully saturated rings. The monoisotopic (exact) mass is 330 g/mol. The molecule has 0 heterocycles. The van der Waals surface area contributed by atoms with Gasteiger partial charge in [-0.25, -0.2) is 0 Å². The summed E-state index contributed by atoms with van der Waals surface area (Å²) in [6.07, 6.45) is 0.550. The van der Waals surface area contributed by atoms with Gasteiger partial charge < -0.3 is 4.90 Å². The molecule has 0 aromatic heterocycles. The van der Waals surface area contributed by atoms with Gasteiger partial charge in [-0.3, -0.25) is 0 Å². The molecule has 0 aliphatic heterocycles. The fraction of sp³-hybridized carbons (Fsp3) is 0.364. The second kappa shape index (κ2) is 6.14. The van der Waals surface area contributed by atoms with Crippen molar-refractivity contribution in [2.75, 3.05) is 18.5 Å². The molecule has 0 unspecified atom stereocenters. The molecule has 0 saturated carbocycles. The summed E-state index contributed by atoms with van der Waals surface area (Å²) < 4.78 is 1.08. The maximum atomic E-state index is 8.54. The summed E-state index contributed by atoms with van der Waals surface area (Å²) in [6.45, 7) is 0.762. The highest BCUT2D eigenvalue weighted by Crippen LogP contribution is 2.25. The number of alkyl halides is 1. The lowest BCUT2D eigenvalue weighted by Gasteiger charge is -2.20. The number of hydrogen-bond acceptors (Lipinski definition) is 2. The van der Waals surface area contributed by atoms with Crippen LogP contribution in [0.3, 0.4) is 0 Å². The highest BCUT2D eigenvalue weighted by atomic mass is 79.9. The van der Waals surface area contributed by atoms with Crippen molar-refractivity contribution in [3.63, 3.8) is 0 Å². The van der Waals surface area contributed by atoms with Gasteiger partial charge in [0.15, 0.2) is 0 Å². The highest BCUT2D eigenvalue weighted by Gasteiger charge is 2.06. The van der Waals surface area contributed by atoms with Crippen molar-refractivity contribution in [3.05, 3.63) is 28.2 Å². The van der Waals surface area contributed by atoms with Gasteiger partial charge in [-0.15, -0.1) is 0 Å². The Hall–Kier alpha value is -0.530. The topological polar surface area (TPSA) is 27.0 Å². The predicted octanol–water partition coefficient (Wildman–Crippen LogP) is 3.69. The first-order chi connectivity index (χ1) is 7.19. The average molecular weight is 332 g/mol. The van der Waals surface area contributed by atoms with Crippen LogP contribution in [0.25, 0.3) is 0 Å². The summed E-state index contributed by atoms with van der Waals surface area (Å²) in [4.78, 5) is 2.10. The molecule has 0 N–H and O–H groups in total. The van der Waals surface area contributed by atoms with E-state index in [0.717, 1.165) is 16.3 Å². The predicted molar refractivity (Wildman–Crippen MR) is 70.3 cm³/mol. The van der Waals surface area contributed by atoms with E-state index in [4.69, 9.17) is 5.26 Å². The number of nitriles is 1. The number of anilines is 1. The van der Waals surface area contributed by atoms with Gasteiger partial charge in [0.2, 0.25) is 0 Å². The van der Waals surface area contributed by atoms with Crippen LogP contribution in [0.5, 0.6) is 0 Å². The molecule has 0 saturated heterocycles. The molecule has 0 atom stereocenters. The third-order valence-electron chi connectivity index (χ3n) is 2.16. The Morgan fingerprint density at radius 1 is 1.47 bits per heavy atom. The van der Waals surface area contributed by atoms with E-state index >= 15 is 0 Å². The van der Waals surface area contributed by atoms with E-state index in [-0.39, 0.29) is 0 Å². The Labute approximate surface area is 107 Å². The molecule has 0 bridgehead atoms. The SMILES string of the molecule is CN(CCC#N)c1ccc(Br)cc1CBr. The van der Waals surface area contributed by atoms with E-state index < -0.39 is 0 Å². The van der Waals surface area contributed by atoms with Crippen LogP contribution < -0.4 is 4.90 Å². The summed E-state index contributed by atoms with van der Waals surface area (Å²) in [5.41, 5.74) is 2.40. The smallest absolute Gasteiger partial charge is 0.0640 e. The molecule has 4 heteroatoms. The van der Waals surface area contributed by atoms with E-state index in [1.807, 2.05) is 13.1 Å². The minimum absolute atomic E-state index is 0.550. The lowest BCUT2D eigenvalue weighted by Crippen LogP contribution is -2.19. The summed E-state index contributed by atoms with van der Waals surface area (Å²) in [6, 6.07) is 8.33. The van der Waals surface area contributed by atoms with Crippen LogP contribution in [-0.2, 0) is 5.33 Å². The van der Waals surface area contributed by atoms with Gasteiger partial charge in [-0.1, -0.05) is 31.9 Å². The molecule has 2 nitrogen and oxygen atoms in total. The zero-order valence-corrected chi connectivity index (χ0v) is 11.7. The minimum Gasteiger partial charge on any atom is -0.373 e. The second-order valence-electron chi connectivity index (χ2n) is 3.24. The van der Waals surface area contributed by atoms with Crippen LogP contribution in [0.1, 0.15) is 12.0 Å². The lowest BCUT2D eigenvalue weighted by molar-refractivity contribution is 0.900. The molecule has 0 spiro atoms. The Kier molecular flexibility index (Phi) is 5.13. The standard InChI is InChI=1S/C11H12Br2N2/c1-15(6-2-5-14)11-4-3-10(13)7-9(11)8-12/h3-4,7H,2,6,8H2,1H3. The van der Waals surface area contributed by atoms with Gasteiger partial charge in [0.25, 0.3) is 0 Å². The average Bonchev–Trinajstić information content (AvgIpc) is 2.25. The zero-order chi connectivity index (χ0) is 11.3. The van der Waals surface area contributed by atoms with Crippen molar-refractivity contribution in [3.8, 4) is 6.07 Å².